The van der Waals surface area contributed by atoms with Crippen LogP contribution in [-0.2, 0) is 33.6 Å². The van der Waals surface area contributed by atoms with E-state index in [1.165, 1.54) is 0 Å². The van der Waals surface area contributed by atoms with Crippen molar-refractivity contribution in [1.29, 1.82) is 0 Å². The predicted octanol–water partition coefficient (Wildman–Crippen LogP) is 7.90. The minimum atomic E-state index is -0.346. The molecule has 14 nitrogen and oxygen atoms in total. The van der Waals surface area contributed by atoms with Gasteiger partial charge in [-0.05, 0) is 125 Å². The molecular weight excluding hydrogens is 859 g/mol. The highest BCUT2D eigenvalue weighted by Crippen LogP contribution is 2.33. The number of aromatic amines is 1. The number of phenolic OH excluding ortho intramolecular Hbond substituents is 3. The van der Waals surface area contributed by atoms with Crippen LogP contribution in [0.15, 0.2) is 165 Å². The van der Waals surface area contributed by atoms with Crippen molar-refractivity contribution in [3.05, 3.63) is 187 Å². The number of primary amides is 3. The highest BCUT2D eigenvalue weighted by atomic mass is 16.3. The fraction of sp³-hybridized carbons (Fsp3) is 0.130. The summed E-state index contributed by atoms with van der Waals surface area (Å²) < 4.78 is 0. The largest absolute Gasteiger partial charge is 0.870 e. The second-order valence-electron chi connectivity index (χ2n) is 15.7. The van der Waals surface area contributed by atoms with Crippen LogP contribution < -0.4 is 22.2 Å². The van der Waals surface area contributed by atoms with Crippen molar-refractivity contribution in [3.63, 3.8) is 0 Å². The fourth-order valence-corrected chi connectivity index (χ4v) is 7.42. The molecule has 0 aliphatic heterocycles. The summed E-state index contributed by atoms with van der Waals surface area (Å²) >= 11 is 0. The van der Waals surface area contributed by atoms with Crippen LogP contribution in [0.1, 0.15) is 41.5 Å². The molecule has 0 fully saturated rings. The molecule has 11 N–H and O–H groups in total. The number of carbonyl (C=O) groups excluding carboxylic acids is 3. The van der Waals surface area contributed by atoms with Gasteiger partial charge in [-0.3, -0.25) is 24.4 Å². The van der Waals surface area contributed by atoms with Crippen LogP contribution in [0.5, 0.6) is 17.2 Å². The Kier molecular flexibility index (Phi) is 18.1. The van der Waals surface area contributed by atoms with Gasteiger partial charge in [0.05, 0.1) is 18.1 Å². The van der Waals surface area contributed by atoms with Gasteiger partial charge in [-0.1, -0.05) is 84.4 Å². The van der Waals surface area contributed by atoms with Gasteiger partial charge in [0.15, 0.2) is 12.4 Å². The lowest BCUT2D eigenvalue weighted by molar-refractivity contribution is -0.378. The number of carbonyl (C=O) groups is 3. The maximum Gasteiger partial charge on any atom is 0.217 e. The van der Waals surface area contributed by atoms with E-state index in [1.807, 2.05) is 85.9 Å². The zero-order chi connectivity index (χ0) is 47.7. The zero-order valence-corrected chi connectivity index (χ0v) is 37.4. The van der Waals surface area contributed by atoms with Crippen molar-refractivity contribution in [1.82, 2.24) is 15.0 Å². The summed E-state index contributed by atoms with van der Waals surface area (Å²) in [6.07, 6.45) is 12.7. The van der Waals surface area contributed by atoms with Gasteiger partial charge in [-0.2, -0.15) is 0 Å². The van der Waals surface area contributed by atoms with E-state index in [0.29, 0.717) is 25.7 Å². The first-order chi connectivity index (χ1) is 32.3. The van der Waals surface area contributed by atoms with Gasteiger partial charge in [0.1, 0.15) is 22.9 Å². The van der Waals surface area contributed by atoms with Gasteiger partial charge >= 0.3 is 0 Å². The molecule has 2 heterocycles. The molecule has 0 saturated heterocycles. The summed E-state index contributed by atoms with van der Waals surface area (Å²) in [5.74, 6) is -0.347. The first-order valence-corrected chi connectivity index (χ1v) is 21.5. The Bertz CT molecular complexity index is 2820. The second-order valence-corrected chi connectivity index (χ2v) is 15.7. The lowest BCUT2D eigenvalue weighted by Crippen LogP contribution is -2.11. The number of benzene rings is 6. The monoisotopic (exact) mass is 911 g/mol. The minimum absolute atomic E-state index is 0. The number of aromatic hydroxyl groups is 3. The number of hydrogen-bond donors (Lipinski definition) is 6. The van der Waals surface area contributed by atoms with Gasteiger partial charge in [0.2, 0.25) is 17.7 Å². The van der Waals surface area contributed by atoms with Gasteiger partial charge in [-0.25, -0.2) is 9.97 Å². The van der Waals surface area contributed by atoms with Crippen molar-refractivity contribution in [2.45, 2.75) is 45.4 Å². The quantitative estimate of drug-likeness (QED) is 0.0614. The third-order valence-electron chi connectivity index (χ3n) is 10.6. The Hall–Kier alpha value is -8.75. The summed E-state index contributed by atoms with van der Waals surface area (Å²) in [6.45, 7) is 2.01. The number of nitrogens with zero attached hydrogens (tertiary/aromatic N) is 3. The van der Waals surface area contributed by atoms with E-state index in [4.69, 9.17) is 17.2 Å². The molecule has 8 aromatic rings. The normalized spacial score (nSPS) is 10.3. The maximum absolute atomic E-state index is 11.2. The molecule has 0 radical (unpaired) electrons. The number of nitrogens with two attached hydrogens (primary N) is 3. The molecule has 0 aliphatic carbocycles. The van der Waals surface area contributed by atoms with E-state index in [0.717, 1.165) is 78.1 Å². The van der Waals surface area contributed by atoms with Crippen molar-refractivity contribution < 1.29 is 40.2 Å². The number of H-pyrrole nitrogens is 1. The van der Waals surface area contributed by atoms with Gasteiger partial charge in [0, 0.05) is 42.8 Å². The van der Waals surface area contributed by atoms with Gasteiger partial charge < -0.3 is 38.0 Å². The zero-order valence-electron chi connectivity index (χ0n) is 37.4. The van der Waals surface area contributed by atoms with Crippen LogP contribution in [-0.4, -0.2) is 53.5 Å². The number of phenols is 3. The molecule has 2 aromatic heterocycles. The molecule has 8 rings (SSSR count). The molecule has 3 amide bonds. The van der Waals surface area contributed by atoms with Crippen LogP contribution in [0.3, 0.4) is 0 Å². The van der Waals surface area contributed by atoms with E-state index in [9.17, 15) is 29.7 Å². The SMILES string of the molecule is Cc1ccc(-c2cccc(O)c2)c(CCC(N)=O)c1.NC(=O)CCc1cc(-c2c[nH+]ccn2)ccc1-c1cccc(O)c1.NC(=O)CCc1cc(-c2cnccn2)ccc1-c1cccc(O)c1.[OH-]. The first-order valence-electron chi connectivity index (χ1n) is 21.5. The molecule has 0 bridgehead atoms. The lowest BCUT2D eigenvalue weighted by Gasteiger charge is -2.12. The number of nitrogens with one attached hydrogen (secondary N) is 1. The molecule has 6 aromatic carbocycles. The average molecular weight is 912 g/mol. The summed E-state index contributed by atoms with van der Waals surface area (Å²) in [7, 11) is 0. The summed E-state index contributed by atoms with van der Waals surface area (Å²) in [4.78, 5) is 49.1. The molecular formula is C54H53N7O7. The highest BCUT2D eigenvalue weighted by molar-refractivity contribution is 5.79. The lowest BCUT2D eigenvalue weighted by atomic mass is 9.93. The number of aryl methyl sites for hydroxylation is 4. The Morgan fingerprint density at radius 2 is 0.926 bits per heavy atom. The van der Waals surface area contributed by atoms with Crippen molar-refractivity contribution in [2.75, 3.05) is 0 Å². The number of aromatic nitrogens is 4. The van der Waals surface area contributed by atoms with Gasteiger partial charge in [0.25, 0.3) is 0 Å². The average Bonchev–Trinajstić information content (AvgIpc) is 3.33. The maximum atomic E-state index is 11.2. The molecule has 0 unspecified atom stereocenters. The molecule has 68 heavy (non-hydrogen) atoms. The Morgan fingerprint density at radius 1 is 0.500 bits per heavy atom. The number of hydrogen-bond acceptors (Lipinski definition) is 10. The summed E-state index contributed by atoms with van der Waals surface area (Å²) in [5.41, 5.74) is 29.1. The summed E-state index contributed by atoms with van der Waals surface area (Å²) in [6, 6.07) is 39.2. The highest BCUT2D eigenvalue weighted by Gasteiger charge is 2.13. The van der Waals surface area contributed by atoms with E-state index in [2.05, 4.69) is 26.0 Å². The second kappa shape index (κ2) is 24.5. The molecule has 0 aliphatic rings. The first kappa shape index (κ1) is 50.3. The minimum Gasteiger partial charge on any atom is -0.870 e. The van der Waals surface area contributed by atoms with E-state index >= 15 is 0 Å². The van der Waals surface area contributed by atoms with Gasteiger partial charge in [-0.15, -0.1) is 0 Å². The molecule has 14 heteroatoms. The van der Waals surface area contributed by atoms with Crippen LogP contribution in [0.2, 0.25) is 0 Å². The van der Waals surface area contributed by atoms with E-state index in [1.54, 1.807) is 79.5 Å². The number of amides is 3. The van der Waals surface area contributed by atoms with Crippen molar-refractivity contribution >= 4 is 17.7 Å². The Morgan fingerprint density at radius 3 is 1.32 bits per heavy atom. The third kappa shape index (κ3) is 14.6. The van der Waals surface area contributed by atoms with Crippen LogP contribution in [0.25, 0.3) is 55.9 Å². The van der Waals surface area contributed by atoms with E-state index in [-0.39, 0.29) is 53.3 Å². The third-order valence-corrected chi connectivity index (χ3v) is 10.6. The topological polar surface area (TPSA) is 273 Å². The molecule has 0 saturated carbocycles. The number of rotatable bonds is 14. The predicted molar refractivity (Wildman–Crippen MR) is 261 cm³/mol. The molecule has 346 valence electrons. The van der Waals surface area contributed by atoms with E-state index < -0.39 is 0 Å². The van der Waals surface area contributed by atoms with Crippen molar-refractivity contribution in [2.24, 2.45) is 17.2 Å². The smallest absolute Gasteiger partial charge is 0.217 e. The van der Waals surface area contributed by atoms with Crippen LogP contribution >= 0.6 is 0 Å². The standard InChI is InChI=1S/2C19H17N3O2.C16H17NO2.H2O/c2*20-19(24)7-5-14-10-15(18-12-21-8-9-22-18)4-6-17(14)13-2-1-3-16(23)11-13;1-11-5-7-15(12-3-2-4-14(18)10-12)13(9-11)6-8-16(17)19;/h2*1-4,6,8-12,23H,5,7H2,(H2,20,24);2-5,7,9-10,18H,6,8H2,1H3,(H2,17,19);1H2. The molecule has 0 spiro atoms. The Labute approximate surface area is 394 Å². The fourth-order valence-electron chi connectivity index (χ4n) is 7.42. The van der Waals surface area contributed by atoms with Crippen molar-refractivity contribution in [3.8, 4) is 73.1 Å². The van der Waals surface area contributed by atoms with Crippen LogP contribution in [0.4, 0.5) is 0 Å². The van der Waals surface area contributed by atoms with Crippen LogP contribution in [0, 0.1) is 6.92 Å². The molecule has 0 atom stereocenters. The summed E-state index contributed by atoms with van der Waals surface area (Å²) in [5, 5.41) is 29.0. The Balaban J connectivity index is 0.000000191.